The van der Waals surface area contributed by atoms with Crippen molar-refractivity contribution < 1.29 is 19.0 Å². The molecule has 0 amide bonds. The van der Waals surface area contributed by atoms with Gasteiger partial charge in [0.2, 0.25) is 0 Å². The molecule has 0 atom stereocenters. The van der Waals surface area contributed by atoms with E-state index in [1.54, 1.807) is 0 Å². The van der Waals surface area contributed by atoms with Gasteiger partial charge in [0.25, 0.3) is 0 Å². The van der Waals surface area contributed by atoms with Crippen LogP contribution in [-0.4, -0.2) is 60.7 Å². The largest absolute Gasteiger partial charge is 0.482 e. The zero-order valence-corrected chi connectivity index (χ0v) is 11.5. The predicted molar refractivity (Wildman–Crippen MR) is 72.3 cm³/mol. The van der Waals surface area contributed by atoms with Crippen molar-refractivity contribution in [3.8, 4) is 5.75 Å². The van der Waals surface area contributed by atoms with E-state index in [4.69, 9.17) is 9.84 Å². The number of benzene rings is 1. The number of aliphatic carboxylic acids is 1. The summed E-state index contributed by atoms with van der Waals surface area (Å²) in [6, 6.07) is 4.18. The normalized spacial score (nSPS) is 17.1. The van der Waals surface area contributed by atoms with Crippen LogP contribution in [0.3, 0.4) is 0 Å². The molecule has 1 aliphatic heterocycles. The lowest BCUT2D eigenvalue weighted by Gasteiger charge is -2.32. The maximum Gasteiger partial charge on any atom is 0.341 e. The smallest absolute Gasteiger partial charge is 0.341 e. The Labute approximate surface area is 117 Å². The van der Waals surface area contributed by atoms with Crippen molar-refractivity contribution in [3.63, 3.8) is 0 Å². The number of rotatable bonds is 5. The second kappa shape index (κ2) is 6.67. The van der Waals surface area contributed by atoms with E-state index < -0.39 is 12.6 Å². The van der Waals surface area contributed by atoms with Crippen LogP contribution in [-0.2, 0) is 11.3 Å². The number of halogens is 1. The van der Waals surface area contributed by atoms with Crippen molar-refractivity contribution in [2.24, 2.45) is 0 Å². The summed E-state index contributed by atoms with van der Waals surface area (Å²) in [6.45, 7) is 3.92. The van der Waals surface area contributed by atoms with Gasteiger partial charge in [-0.2, -0.15) is 0 Å². The van der Waals surface area contributed by atoms with Crippen LogP contribution < -0.4 is 4.74 Å². The second-order valence-corrected chi connectivity index (χ2v) is 5.01. The van der Waals surface area contributed by atoms with Gasteiger partial charge < -0.3 is 14.7 Å². The minimum Gasteiger partial charge on any atom is -0.482 e. The zero-order chi connectivity index (χ0) is 14.5. The van der Waals surface area contributed by atoms with Gasteiger partial charge in [0.15, 0.2) is 6.61 Å². The zero-order valence-electron chi connectivity index (χ0n) is 11.5. The second-order valence-electron chi connectivity index (χ2n) is 5.01. The van der Waals surface area contributed by atoms with E-state index in [0.29, 0.717) is 17.9 Å². The first-order valence-electron chi connectivity index (χ1n) is 6.58. The van der Waals surface area contributed by atoms with E-state index in [0.717, 1.165) is 26.2 Å². The molecular weight excluding hydrogens is 263 g/mol. The van der Waals surface area contributed by atoms with Crippen LogP contribution in [0.1, 0.15) is 5.56 Å². The summed E-state index contributed by atoms with van der Waals surface area (Å²) in [5, 5.41) is 8.66. The molecule has 1 N–H and O–H groups in total. The number of ether oxygens (including phenoxy) is 1. The van der Waals surface area contributed by atoms with Crippen LogP contribution in [0.25, 0.3) is 0 Å². The van der Waals surface area contributed by atoms with Crippen molar-refractivity contribution >= 4 is 5.97 Å². The van der Waals surface area contributed by atoms with Gasteiger partial charge in [0, 0.05) is 38.3 Å². The highest BCUT2D eigenvalue weighted by Crippen LogP contribution is 2.22. The lowest BCUT2D eigenvalue weighted by atomic mass is 10.1. The van der Waals surface area contributed by atoms with E-state index in [9.17, 15) is 9.18 Å². The molecule has 2 rings (SSSR count). The third kappa shape index (κ3) is 4.18. The monoisotopic (exact) mass is 282 g/mol. The van der Waals surface area contributed by atoms with Crippen LogP contribution >= 0.6 is 0 Å². The van der Waals surface area contributed by atoms with Crippen molar-refractivity contribution in [2.75, 3.05) is 39.8 Å². The van der Waals surface area contributed by atoms with E-state index >= 15 is 0 Å². The molecule has 0 unspecified atom stereocenters. The molecule has 110 valence electrons. The van der Waals surface area contributed by atoms with Crippen molar-refractivity contribution in [1.82, 2.24) is 9.80 Å². The number of hydrogen-bond acceptors (Lipinski definition) is 4. The molecule has 6 heteroatoms. The fraction of sp³-hybridized carbons (Fsp3) is 0.500. The topological polar surface area (TPSA) is 53.0 Å². The Kier molecular flexibility index (Phi) is 4.92. The molecule has 1 heterocycles. The summed E-state index contributed by atoms with van der Waals surface area (Å²) in [7, 11) is 2.07. The number of carbonyl (C=O) groups is 1. The third-order valence-corrected chi connectivity index (χ3v) is 3.36. The van der Waals surface area contributed by atoms with Gasteiger partial charge in [0.05, 0.1) is 0 Å². The number of carboxylic acids is 1. The van der Waals surface area contributed by atoms with E-state index in [1.165, 1.54) is 18.2 Å². The predicted octanol–water partition coefficient (Wildman–Crippen LogP) is 1.04. The standard InChI is InChI=1S/C14H19FN2O3/c1-16-4-6-17(7-5-16)9-11-8-12(15)2-3-13(11)20-10-14(18)19/h2-3,8H,4-7,9-10H2,1H3,(H,18,19). The Bertz CT molecular complexity index is 473. The van der Waals surface area contributed by atoms with Crippen LogP contribution in [0.2, 0.25) is 0 Å². The summed E-state index contributed by atoms with van der Waals surface area (Å²) in [6.07, 6.45) is 0. The minimum atomic E-state index is -1.04. The van der Waals surface area contributed by atoms with Gasteiger partial charge in [-0.05, 0) is 25.2 Å². The van der Waals surface area contributed by atoms with E-state index in [-0.39, 0.29) is 5.82 Å². The van der Waals surface area contributed by atoms with Crippen molar-refractivity contribution in [2.45, 2.75) is 6.54 Å². The number of likely N-dealkylation sites (N-methyl/N-ethyl adjacent to an activating group) is 1. The Morgan fingerprint density at radius 3 is 2.70 bits per heavy atom. The lowest BCUT2D eigenvalue weighted by Crippen LogP contribution is -2.43. The molecule has 5 nitrogen and oxygen atoms in total. The maximum atomic E-state index is 13.4. The van der Waals surface area contributed by atoms with Crippen molar-refractivity contribution in [3.05, 3.63) is 29.6 Å². The van der Waals surface area contributed by atoms with Crippen molar-refractivity contribution in [1.29, 1.82) is 0 Å². The summed E-state index contributed by atoms with van der Waals surface area (Å²) in [5.41, 5.74) is 0.691. The summed E-state index contributed by atoms with van der Waals surface area (Å²) >= 11 is 0. The number of carboxylic acid groups (broad SMARTS) is 1. The lowest BCUT2D eigenvalue weighted by molar-refractivity contribution is -0.139. The van der Waals surface area contributed by atoms with Crippen LogP contribution in [0, 0.1) is 5.82 Å². The summed E-state index contributed by atoms with van der Waals surface area (Å²) in [5.74, 6) is -0.940. The van der Waals surface area contributed by atoms with Crippen LogP contribution in [0.4, 0.5) is 4.39 Å². The molecule has 0 aromatic heterocycles. The molecule has 0 aliphatic carbocycles. The summed E-state index contributed by atoms with van der Waals surface area (Å²) in [4.78, 5) is 15.0. The Balaban J connectivity index is 2.04. The Morgan fingerprint density at radius 1 is 1.35 bits per heavy atom. The molecule has 1 fully saturated rings. The van der Waals surface area contributed by atoms with E-state index in [2.05, 4.69) is 16.8 Å². The number of nitrogens with zero attached hydrogens (tertiary/aromatic N) is 2. The first-order chi connectivity index (χ1) is 9.54. The van der Waals surface area contributed by atoms with Gasteiger partial charge in [-0.15, -0.1) is 0 Å². The first kappa shape index (κ1) is 14.7. The minimum absolute atomic E-state index is 0.336. The van der Waals surface area contributed by atoms with Gasteiger partial charge >= 0.3 is 5.97 Å². The van der Waals surface area contributed by atoms with E-state index in [1.807, 2.05) is 0 Å². The van der Waals surface area contributed by atoms with Crippen LogP contribution in [0.5, 0.6) is 5.75 Å². The molecule has 1 aromatic carbocycles. The first-order valence-corrected chi connectivity index (χ1v) is 6.58. The third-order valence-electron chi connectivity index (χ3n) is 3.36. The number of hydrogen-bond donors (Lipinski definition) is 1. The van der Waals surface area contributed by atoms with Crippen LogP contribution in [0.15, 0.2) is 18.2 Å². The fourth-order valence-corrected chi connectivity index (χ4v) is 2.20. The van der Waals surface area contributed by atoms with Gasteiger partial charge in [-0.1, -0.05) is 0 Å². The quantitative estimate of drug-likeness (QED) is 0.874. The fourth-order valence-electron chi connectivity index (χ4n) is 2.20. The Hall–Kier alpha value is -1.66. The summed E-state index contributed by atoms with van der Waals surface area (Å²) < 4.78 is 18.6. The highest BCUT2D eigenvalue weighted by atomic mass is 19.1. The maximum absolute atomic E-state index is 13.4. The molecular formula is C14H19FN2O3. The molecule has 1 saturated heterocycles. The molecule has 20 heavy (non-hydrogen) atoms. The highest BCUT2D eigenvalue weighted by molar-refractivity contribution is 5.68. The van der Waals surface area contributed by atoms with Gasteiger partial charge in [-0.25, -0.2) is 9.18 Å². The van der Waals surface area contributed by atoms with Gasteiger partial charge in [0.1, 0.15) is 11.6 Å². The average Bonchev–Trinajstić information content (AvgIpc) is 2.40. The highest BCUT2D eigenvalue weighted by Gasteiger charge is 2.16. The molecule has 0 radical (unpaired) electrons. The molecule has 0 spiro atoms. The van der Waals surface area contributed by atoms with Gasteiger partial charge in [-0.3, -0.25) is 4.90 Å². The SMILES string of the molecule is CN1CCN(Cc2cc(F)ccc2OCC(=O)O)CC1. The number of piperazine rings is 1. The molecule has 1 aromatic rings. The molecule has 1 aliphatic rings. The Morgan fingerprint density at radius 2 is 2.05 bits per heavy atom. The molecule has 0 bridgehead atoms. The molecule has 0 saturated carbocycles. The average molecular weight is 282 g/mol.